The summed E-state index contributed by atoms with van der Waals surface area (Å²) in [5, 5.41) is 44.3. The van der Waals surface area contributed by atoms with E-state index in [1.165, 1.54) is 327 Å². The fourth-order valence-corrected chi connectivity index (χ4v) is 11.6. The van der Waals surface area contributed by atoms with Gasteiger partial charge in [-0.1, -0.05) is 378 Å². The molecule has 6 nitrogen and oxygen atoms in total. The van der Waals surface area contributed by atoms with E-state index in [4.69, 9.17) is 0 Å². The molecule has 0 aliphatic heterocycles. The molecule has 0 saturated carbocycles. The molecule has 4 unspecified atom stereocenters. The van der Waals surface area contributed by atoms with Crippen LogP contribution in [0.1, 0.15) is 399 Å². The molecule has 0 saturated heterocycles. The quantitative estimate of drug-likeness (QED) is 0.0308. The van der Waals surface area contributed by atoms with Crippen LogP contribution in [0.3, 0.4) is 0 Å². The van der Waals surface area contributed by atoms with Crippen molar-refractivity contribution in [1.82, 2.24) is 5.32 Å². The van der Waals surface area contributed by atoms with Gasteiger partial charge in [0, 0.05) is 0 Å². The number of hydrogen-bond acceptors (Lipinski definition) is 5. The minimum absolute atomic E-state index is 0.372. The number of aliphatic hydroxyl groups excluding tert-OH is 4. The average molecular weight is 1100 g/mol. The van der Waals surface area contributed by atoms with Crippen molar-refractivity contribution in [3.8, 4) is 0 Å². The zero-order chi connectivity index (χ0) is 56.6. The molecule has 0 bridgehead atoms. The molecular weight excluding hydrogens is 959 g/mol. The van der Waals surface area contributed by atoms with E-state index in [-0.39, 0.29) is 0 Å². The summed E-state index contributed by atoms with van der Waals surface area (Å²) in [7, 11) is 0. The number of nitrogens with one attached hydrogen (secondary N) is 1. The molecule has 0 aliphatic rings. The van der Waals surface area contributed by atoms with Crippen LogP contribution in [-0.2, 0) is 4.79 Å². The van der Waals surface area contributed by atoms with E-state index in [0.29, 0.717) is 12.8 Å². The predicted octanol–water partition coefficient (Wildman–Crippen LogP) is 22.1. The van der Waals surface area contributed by atoms with Crippen LogP contribution in [-0.4, -0.2) is 57.3 Å². The zero-order valence-corrected chi connectivity index (χ0v) is 52.9. The van der Waals surface area contributed by atoms with Gasteiger partial charge < -0.3 is 25.7 Å². The third kappa shape index (κ3) is 59.4. The molecule has 0 rings (SSSR count). The lowest BCUT2D eigenvalue weighted by molar-refractivity contribution is -0.132. The monoisotopic (exact) mass is 1100 g/mol. The lowest BCUT2D eigenvalue weighted by Crippen LogP contribution is -2.53. The molecule has 0 aromatic carbocycles. The summed E-state index contributed by atoms with van der Waals surface area (Å²) >= 11 is 0. The van der Waals surface area contributed by atoms with Gasteiger partial charge in [0.1, 0.15) is 12.2 Å². The molecule has 6 heteroatoms. The Morgan fingerprint density at radius 3 is 0.808 bits per heavy atom. The molecular formula is C72H141NO5. The van der Waals surface area contributed by atoms with Crippen molar-refractivity contribution in [3.05, 3.63) is 24.3 Å². The highest BCUT2D eigenvalue weighted by Gasteiger charge is 2.28. The Kier molecular flexibility index (Phi) is 65.6. The maximum absolute atomic E-state index is 12.7. The van der Waals surface area contributed by atoms with Crippen LogP contribution in [0.25, 0.3) is 0 Å². The van der Waals surface area contributed by atoms with Gasteiger partial charge in [-0.15, -0.1) is 0 Å². The Balaban J connectivity index is 3.53. The minimum atomic E-state index is -1.26. The summed E-state index contributed by atoms with van der Waals surface area (Å²) in [4.78, 5) is 12.7. The van der Waals surface area contributed by atoms with Crippen molar-refractivity contribution < 1.29 is 25.2 Å². The van der Waals surface area contributed by atoms with Gasteiger partial charge in [-0.05, 0) is 44.9 Å². The number of unbranched alkanes of at least 4 members (excludes halogenated alkanes) is 54. The molecule has 0 fully saturated rings. The zero-order valence-electron chi connectivity index (χ0n) is 52.9. The largest absolute Gasteiger partial charge is 0.394 e. The van der Waals surface area contributed by atoms with E-state index in [0.717, 1.165) is 44.9 Å². The SMILES string of the molecule is CCCCCCCCCCC/C=C\C/C=C\CCCCCCCCCCCCCCCCCCC(O)C(=O)NC(CO)C(O)C(O)CCCCCCCCCCCCCCCCCCCCCCCCCCCCCCCC. The molecule has 5 N–H and O–H groups in total. The Bertz CT molecular complexity index is 1190. The summed E-state index contributed by atoms with van der Waals surface area (Å²) in [6.07, 6.45) is 84.5. The van der Waals surface area contributed by atoms with Gasteiger partial charge in [0.25, 0.3) is 0 Å². The number of hydrogen-bond donors (Lipinski definition) is 5. The molecule has 0 spiro atoms. The van der Waals surface area contributed by atoms with E-state index >= 15 is 0 Å². The lowest BCUT2D eigenvalue weighted by atomic mass is 9.99. The molecule has 0 heterocycles. The van der Waals surface area contributed by atoms with E-state index in [1.807, 2.05) is 0 Å². The van der Waals surface area contributed by atoms with Gasteiger partial charge in [0.15, 0.2) is 0 Å². The Labute approximate surface area is 488 Å². The second-order valence-corrected chi connectivity index (χ2v) is 24.9. The van der Waals surface area contributed by atoms with Crippen molar-refractivity contribution in [1.29, 1.82) is 0 Å². The first-order chi connectivity index (χ1) is 38.5. The first kappa shape index (κ1) is 76.8. The number of carbonyl (C=O) groups excluding carboxylic acids is 1. The Morgan fingerprint density at radius 2 is 0.551 bits per heavy atom. The molecule has 464 valence electrons. The summed E-state index contributed by atoms with van der Waals surface area (Å²) in [5.74, 6) is -0.576. The Morgan fingerprint density at radius 1 is 0.321 bits per heavy atom. The first-order valence-electron chi connectivity index (χ1n) is 35.7. The number of amides is 1. The van der Waals surface area contributed by atoms with Crippen LogP contribution in [0.5, 0.6) is 0 Å². The molecule has 78 heavy (non-hydrogen) atoms. The van der Waals surface area contributed by atoms with Gasteiger partial charge in [-0.3, -0.25) is 4.79 Å². The molecule has 1 amide bonds. The normalized spacial score (nSPS) is 13.6. The van der Waals surface area contributed by atoms with Crippen LogP contribution < -0.4 is 5.32 Å². The van der Waals surface area contributed by atoms with Gasteiger partial charge in [0.05, 0.1) is 18.8 Å². The first-order valence-corrected chi connectivity index (χ1v) is 35.7. The fraction of sp³-hybridized carbons (Fsp3) is 0.931. The van der Waals surface area contributed by atoms with E-state index in [1.54, 1.807) is 0 Å². The number of aliphatic hydroxyl groups is 4. The van der Waals surface area contributed by atoms with Gasteiger partial charge in [-0.25, -0.2) is 0 Å². The smallest absolute Gasteiger partial charge is 0.249 e. The highest BCUT2D eigenvalue weighted by atomic mass is 16.3. The maximum atomic E-state index is 12.7. The molecule has 0 aromatic rings. The second-order valence-electron chi connectivity index (χ2n) is 24.9. The predicted molar refractivity (Wildman–Crippen MR) is 344 cm³/mol. The van der Waals surface area contributed by atoms with Crippen LogP contribution in [0.2, 0.25) is 0 Å². The second kappa shape index (κ2) is 66.6. The highest BCUT2D eigenvalue weighted by molar-refractivity contribution is 5.80. The third-order valence-electron chi connectivity index (χ3n) is 17.2. The third-order valence-corrected chi connectivity index (χ3v) is 17.2. The number of carbonyl (C=O) groups is 1. The topological polar surface area (TPSA) is 110 Å². The summed E-state index contributed by atoms with van der Waals surface area (Å²) in [6.45, 7) is 4.11. The molecule has 0 aliphatic carbocycles. The van der Waals surface area contributed by atoms with Crippen LogP contribution in [0.4, 0.5) is 0 Å². The van der Waals surface area contributed by atoms with E-state index in [2.05, 4.69) is 43.5 Å². The van der Waals surface area contributed by atoms with Crippen molar-refractivity contribution in [2.24, 2.45) is 0 Å². The summed E-state index contributed by atoms with van der Waals surface area (Å²) in [5.41, 5.74) is 0. The van der Waals surface area contributed by atoms with Gasteiger partial charge >= 0.3 is 0 Å². The van der Waals surface area contributed by atoms with Crippen LogP contribution in [0.15, 0.2) is 24.3 Å². The van der Waals surface area contributed by atoms with Crippen LogP contribution in [0, 0.1) is 0 Å². The van der Waals surface area contributed by atoms with Crippen molar-refractivity contribution in [2.75, 3.05) is 6.61 Å². The lowest BCUT2D eigenvalue weighted by Gasteiger charge is -2.27. The van der Waals surface area contributed by atoms with E-state index in [9.17, 15) is 25.2 Å². The van der Waals surface area contributed by atoms with E-state index < -0.39 is 36.9 Å². The van der Waals surface area contributed by atoms with Crippen molar-refractivity contribution in [3.63, 3.8) is 0 Å². The van der Waals surface area contributed by atoms with Gasteiger partial charge in [0.2, 0.25) is 5.91 Å². The molecule has 0 aromatic heterocycles. The fourth-order valence-electron chi connectivity index (χ4n) is 11.6. The Hall–Kier alpha value is -1.21. The molecule has 4 atom stereocenters. The van der Waals surface area contributed by atoms with Crippen molar-refractivity contribution in [2.45, 2.75) is 423 Å². The standard InChI is InChI=1S/C72H141NO5/c1-3-5-7-9-11-13-15-17-19-21-23-25-27-29-31-33-35-36-38-40-42-44-46-48-50-52-54-56-58-60-62-64-66-70(76)72(78)73-68(67-74)71(77)69(75)65-63-61-59-57-55-53-51-49-47-45-43-41-39-37-34-32-30-28-26-24-22-20-18-16-14-12-10-8-6-4-2/h23,25,29,31,68-71,74-77H,3-22,24,26-28,30,32-67H2,1-2H3,(H,73,78)/b25-23-,31-29-. The van der Waals surface area contributed by atoms with Gasteiger partial charge in [-0.2, -0.15) is 0 Å². The minimum Gasteiger partial charge on any atom is -0.394 e. The maximum Gasteiger partial charge on any atom is 0.249 e. The molecule has 0 radical (unpaired) electrons. The van der Waals surface area contributed by atoms with Crippen LogP contribution >= 0.6 is 0 Å². The number of rotatable bonds is 67. The number of allylic oxidation sites excluding steroid dienone is 4. The summed E-state index contributed by atoms with van der Waals surface area (Å²) < 4.78 is 0. The summed E-state index contributed by atoms with van der Waals surface area (Å²) in [6, 6.07) is -0.986. The van der Waals surface area contributed by atoms with Crippen molar-refractivity contribution >= 4 is 5.91 Å². The average Bonchev–Trinajstić information content (AvgIpc) is 3.45. The highest BCUT2D eigenvalue weighted by Crippen LogP contribution is 2.20.